The van der Waals surface area contributed by atoms with E-state index in [-0.39, 0.29) is 0 Å². The third-order valence-electron chi connectivity index (χ3n) is 18.6. The summed E-state index contributed by atoms with van der Waals surface area (Å²) < 4.78 is 7.19. The van der Waals surface area contributed by atoms with Gasteiger partial charge < -0.3 is 4.57 Å². The van der Waals surface area contributed by atoms with Crippen LogP contribution < -0.4 is 41.5 Å². The Morgan fingerprint density at radius 3 is 1.15 bits per heavy atom. The molecule has 0 fully saturated rings. The lowest BCUT2D eigenvalue weighted by Gasteiger charge is -2.34. The van der Waals surface area contributed by atoms with Crippen molar-refractivity contribution in [1.29, 1.82) is 0 Å². The predicted octanol–water partition coefficient (Wildman–Crippen LogP) is 14.2. The third-order valence-corrected chi connectivity index (χ3v) is 28.1. The second-order valence-corrected chi connectivity index (χ2v) is 30.8. The number of aromatic nitrogens is 5. The highest BCUT2D eigenvalue weighted by Gasteiger charge is 2.43. The maximum Gasteiger partial charge on any atom is 0.237 e. The lowest BCUT2D eigenvalue weighted by Crippen LogP contribution is -2.74. The van der Waals surface area contributed by atoms with Crippen molar-refractivity contribution in [1.82, 2.24) is 23.7 Å². The van der Waals surface area contributed by atoms with Gasteiger partial charge in [-0.2, -0.15) is 4.98 Å². The summed E-state index contributed by atoms with van der Waals surface area (Å²) in [6.07, 6.45) is 0. The normalized spacial score (nSPS) is 12.0. The van der Waals surface area contributed by atoms with E-state index in [1.165, 1.54) is 41.5 Å². The van der Waals surface area contributed by atoms with Crippen LogP contribution in [0.5, 0.6) is 0 Å². The summed E-state index contributed by atoms with van der Waals surface area (Å²) in [4.78, 5) is 11.9. The molecular weight excluding hydrogens is 1110 g/mol. The Labute approximate surface area is 518 Å². The quantitative estimate of drug-likeness (QED) is 0.0903. The molecule has 0 saturated carbocycles. The fourth-order valence-corrected chi connectivity index (χ4v) is 24.4. The standard InChI is InChI=1S/C82H57N5Si2/c1-8-30-59(31-9-1)85-76-50-27-24-47-72(76)80-77(85)54-53-71-69-46-23-26-49-75(69)87(81(71)80)82-83-73(58-29-28-44-66(55-58)88(60-32-10-2-11-33-60,61-34-12-3-13-35-61)62-36-14-4-15-37-62)57-79(84-82)86-74-48-25-22-45-68(74)70-52-51-67(56-78(70)86)89(63-38-16-5-17-39-63,64-40-18-6-19-41-64)65-42-20-7-21-43-65/h1-57H. The molecule has 17 rings (SSSR count). The fourth-order valence-electron chi connectivity index (χ4n) is 14.8. The number of rotatable bonds is 12. The molecule has 0 amide bonds. The molecule has 0 aliphatic heterocycles. The molecule has 17 aromatic rings. The van der Waals surface area contributed by atoms with Crippen LogP contribution in [-0.2, 0) is 0 Å². The maximum atomic E-state index is 6.00. The predicted molar refractivity (Wildman–Crippen MR) is 378 cm³/mol. The first kappa shape index (κ1) is 52.1. The Bertz CT molecular complexity index is 5280. The molecule has 4 aromatic heterocycles. The number of fused-ring (bicyclic) bond motifs is 10. The van der Waals surface area contributed by atoms with E-state index < -0.39 is 16.1 Å². The molecule has 13 aromatic carbocycles. The first-order valence-corrected chi connectivity index (χ1v) is 34.6. The molecule has 5 nitrogen and oxygen atoms in total. The fraction of sp³-hybridized carbons (Fsp3) is 0. The van der Waals surface area contributed by atoms with Crippen molar-refractivity contribution in [2.75, 3.05) is 0 Å². The molecule has 0 bridgehead atoms. The molecule has 0 aliphatic rings. The smallest absolute Gasteiger partial charge is 0.237 e. The van der Waals surface area contributed by atoms with E-state index >= 15 is 0 Å². The first-order valence-electron chi connectivity index (χ1n) is 30.6. The van der Waals surface area contributed by atoms with Crippen molar-refractivity contribution in [3.05, 3.63) is 346 Å². The van der Waals surface area contributed by atoms with Crippen LogP contribution in [-0.4, -0.2) is 39.8 Å². The largest absolute Gasteiger partial charge is 0.309 e. The van der Waals surface area contributed by atoms with Gasteiger partial charge in [0, 0.05) is 49.6 Å². The maximum absolute atomic E-state index is 6.00. The average molecular weight is 1170 g/mol. The van der Waals surface area contributed by atoms with Crippen molar-refractivity contribution in [3.63, 3.8) is 0 Å². The second-order valence-electron chi connectivity index (χ2n) is 23.2. The Kier molecular flexibility index (Phi) is 12.5. The van der Waals surface area contributed by atoms with Gasteiger partial charge >= 0.3 is 0 Å². The first-order chi connectivity index (χ1) is 44.2. The van der Waals surface area contributed by atoms with Gasteiger partial charge in [-0.25, -0.2) is 4.98 Å². The van der Waals surface area contributed by atoms with Crippen LogP contribution >= 0.6 is 0 Å². The van der Waals surface area contributed by atoms with Crippen LogP contribution in [0.15, 0.2) is 346 Å². The van der Waals surface area contributed by atoms with Crippen molar-refractivity contribution in [2.24, 2.45) is 0 Å². The highest BCUT2D eigenvalue weighted by molar-refractivity contribution is 7.20. The monoisotopic (exact) mass is 1170 g/mol. The van der Waals surface area contributed by atoms with Crippen molar-refractivity contribution >= 4 is 123 Å². The molecule has 0 atom stereocenters. The summed E-state index contributed by atoms with van der Waals surface area (Å²) in [5, 5.41) is 17.3. The van der Waals surface area contributed by atoms with Crippen LogP contribution in [0.3, 0.4) is 0 Å². The lowest BCUT2D eigenvalue weighted by atomic mass is 10.1. The molecule has 0 aliphatic carbocycles. The molecule has 0 unspecified atom stereocenters. The molecule has 4 heterocycles. The van der Waals surface area contributed by atoms with Crippen LogP contribution in [0.25, 0.3) is 94.1 Å². The Balaban J connectivity index is 1.00. The van der Waals surface area contributed by atoms with Crippen molar-refractivity contribution < 1.29 is 0 Å². The van der Waals surface area contributed by atoms with E-state index in [4.69, 9.17) is 9.97 Å². The van der Waals surface area contributed by atoms with Gasteiger partial charge in [0.25, 0.3) is 0 Å². The molecule has 0 spiro atoms. The summed E-state index contributed by atoms with van der Waals surface area (Å²) in [6, 6.07) is 128. The zero-order valence-electron chi connectivity index (χ0n) is 48.6. The van der Waals surface area contributed by atoms with Gasteiger partial charge in [0.15, 0.2) is 16.1 Å². The SMILES string of the molecule is c1ccc(-n2c3ccccc3c3c2ccc2c4ccccc4n(-c4nc(-c5cccc([Si](c6ccccc6)(c6ccccc6)c6ccccc6)c5)cc(-n5c6ccccc6c6ccc([Si](c7ccccc7)(c7ccccc7)c7ccccc7)cc65)n4)c23)cc1. The average Bonchev–Trinajstić information content (AvgIpc) is 1.65. The minimum atomic E-state index is -3.00. The number of nitrogens with zero attached hydrogens (tertiary/aromatic N) is 5. The Hall–Kier alpha value is -11.2. The molecule has 0 saturated heterocycles. The third kappa shape index (κ3) is 8.13. The van der Waals surface area contributed by atoms with E-state index in [9.17, 15) is 0 Å². The van der Waals surface area contributed by atoms with Gasteiger partial charge in [0.2, 0.25) is 5.95 Å². The highest BCUT2D eigenvalue weighted by Crippen LogP contribution is 2.42. The summed E-state index contributed by atoms with van der Waals surface area (Å²) in [5.41, 5.74) is 9.40. The van der Waals surface area contributed by atoms with Crippen LogP contribution in [0, 0.1) is 0 Å². The van der Waals surface area contributed by atoms with Gasteiger partial charge in [-0.1, -0.05) is 297 Å². The second kappa shape index (κ2) is 21.3. The topological polar surface area (TPSA) is 40.6 Å². The number of hydrogen-bond acceptors (Lipinski definition) is 2. The number of hydrogen-bond donors (Lipinski definition) is 0. The summed E-state index contributed by atoms with van der Waals surface area (Å²) in [6.45, 7) is 0. The van der Waals surface area contributed by atoms with Gasteiger partial charge in [-0.15, -0.1) is 0 Å². The summed E-state index contributed by atoms with van der Waals surface area (Å²) in [7, 11) is -5.98. The molecule has 89 heavy (non-hydrogen) atoms. The molecule has 0 radical (unpaired) electrons. The van der Waals surface area contributed by atoms with Crippen LogP contribution in [0.1, 0.15) is 0 Å². The van der Waals surface area contributed by atoms with Gasteiger partial charge in [0.1, 0.15) is 5.82 Å². The molecule has 7 heteroatoms. The van der Waals surface area contributed by atoms with E-state index in [2.05, 4.69) is 359 Å². The van der Waals surface area contributed by atoms with Crippen LogP contribution in [0.2, 0.25) is 0 Å². The van der Waals surface area contributed by atoms with E-state index in [1.54, 1.807) is 0 Å². The summed E-state index contributed by atoms with van der Waals surface area (Å²) in [5.74, 6) is 1.35. The lowest BCUT2D eigenvalue weighted by molar-refractivity contribution is 0.954. The van der Waals surface area contributed by atoms with Crippen molar-refractivity contribution in [3.8, 4) is 28.7 Å². The zero-order valence-corrected chi connectivity index (χ0v) is 50.6. The number of benzene rings is 13. The molecular formula is C82H57N5Si2. The van der Waals surface area contributed by atoms with Gasteiger partial charge in [-0.05, 0) is 84.0 Å². The van der Waals surface area contributed by atoms with E-state index in [1.807, 2.05) is 0 Å². The van der Waals surface area contributed by atoms with Crippen molar-refractivity contribution in [2.45, 2.75) is 0 Å². The molecule has 418 valence electrons. The van der Waals surface area contributed by atoms with Crippen LogP contribution in [0.4, 0.5) is 0 Å². The minimum Gasteiger partial charge on any atom is -0.309 e. The van der Waals surface area contributed by atoms with Gasteiger partial charge in [-0.3, -0.25) is 9.13 Å². The number of para-hydroxylation sites is 4. The highest BCUT2D eigenvalue weighted by atomic mass is 28.3. The Morgan fingerprint density at radius 2 is 0.629 bits per heavy atom. The van der Waals surface area contributed by atoms with Gasteiger partial charge in [0.05, 0.1) is 38.8 Å². The van der Waals surface area contributed by atoms with E-state index in [0.29, 0.717) is 5.95 Å². The summed E-state index contributed by atoms with van der Waals surface area (Å²) >= 11 is 0. The molecule has 0 N–H and O–H groups in total. The van der Waals surface area contributed by atoms with E-state index in [0.717, 1.165) is 88.2 Å². The Morgan fingerprint density at radius 1 is 0.236 bits per heavy atom. The minimum absolute atomic E-state index is 0.583. The zero-order chi connectivity index (χ0) is 58.9.